The van der Waals surface area contributed by atoms with Gasteiger partial charge in [-0.1, -0.05) is 30.9 Å². The molecule has 1 aliphatic carbocycles. The van der Waals surface area contributed by atoms with Crippen LogP contribution in [0.3, 0.4) is 0 Å². The lowest BCUT2D eigenvalue weighted by Gasteiger charge is -2.22. The van der Waals surface area contributed by atoms with E-state index >= 15 is 0 Å². The molecule has 0 aromatic carbocycles. The predicted molar refractivity (Wildman–Crippen MR) is 66.0 cm³/mol. The van der Waals surface area contributed by atoms with Crippen molar-refractivity contribution in [3.05, 3.63) is 16.8 Å². The van der Waals surface area contributed by atoms with Crippen molar-refractivity contribution in [3.63, 3.8) is 0 Å². The van der Waals surface area contributed by atoms with Crippen LogP contribution in [0.2, 0.25) is 5.02 Å². The number of methoxy groups -OCH3 is 1. The fraction of sp³-hybridized carbons (Fsp3) is 0.583. The van der Waals surface area contributed by atoms with Gasteiger partial charge in [-0.25, -0.2) is 4.98 Å². The zero-order valence-corrected chi connectivity index (χ0v) is 10.3. The van der Waals surface area contributed by atoms with Gasteiger partial charge < -0.3 is 10.5 Å². The third-order valence-electron chi connectivity index (χ3n) is 3.18. The molecule has 1 heterocycles. The highest BCUT2D eigenvalue weighted by molar-refractivity contribution is 6.31. The van der Waals surface area contributed by atoms with Gasteiger partial charge in [-0.2, -0.15) is 0 Å². The van der Waals surface area contributed by atoms with Crippen LogP contribution in [0.25, 0.3) is 0 Å². The summed E-state index contributed by atoms with van der Waals surface area (Å²) in [7, 11) is 1.58. The molecule has 1 saturated carbocycles. The van der Waals surface area contributed by atoms with E-state index < -0.39 is 0 Å². The molecule has 3 nitrogen and oxygen atoms in total. The number of nitrogens with zero attached hydrogens (tertiary/aromatic N) is 1. The maximum absolute atomic E-state index is 6.19. The number of nitrogen functional groups attached to an aromatic ring is 1. The number of rotatable bonds is 2. The topological polar surface area (TPSA) is 48.1 Å². The van der Waals surface area contributed by atoms with E-state index in [0.29, 0.717) is 22.5 Å². The van der Waals surface area contributed by atoms with E-state index in [9.17, 15) is 0 Å². The molecule has 0 aliphatic heterocycles. The minimum absolute atomic E-state index is 0.468. The monoisotopic (exact) mass is 240 g/mol. The molecular weight excluding hydrogens is 224 g/mol. The van der Waals surface area contributed by atoms with Crippen molar-refractivity contribution in [1.82, 2.24) is 4.98 Å². The Morgan fingerprint density at radius 1 is 1.38 bits per heavy atom. The zero-order valence-electron chi connectivity index (χ0n) is 9.50. The third kappa shape index (κ3) is 2.24. The summed E-state index contributed by atoms with van der Waals surface area (Å²) in [5.74, 6) is 0.959. The standard InChI is InChI=1S/C12H17ClN2O/c1-16-12-10(14)7-9(13)11(15-12)8-5-3-2-4-6-8/h7-8H,2-6,14H2,1H3. The van der Waals surface area contributed by atoms with E-state index in [0.717, 1.165) is 5.69 Å². The summed E-state index contributed by atoms with van der Waals surface area (Å²) in [6.07, 6.45) is 6.17. The Bertz CT molecular complexity index is 376. The summed E-state index contributed by atoms with van der Waals surface area (Å²) in [5.41, 5.74) is 7.22. The first-order chi connectivity index (χ1) is 7.72. The molecule has 1 aromatic rings. The Balaban J connectivity index is 2.31. The number of hydrogen-bond acceptors (Lipinski definition) is 3. The molecule has 0 saturated heterocycles. The minimum Gasteiger partial charge on any atom is -0.480 e. The van der Waals surface area contributed by atoms with Crippen LogP contribution in [0, 0.1) is 0 Å². The number of halogens is 1. The number of pyridine rings is 1. The van der Waals surface area contributed by atoms with Crippen LogP contribution in [0.5, 0.6) is 5.88 Å². The summed E-state index contributed by atoms with van der Waals surface area (Å²) in [6.45, 7) is 0. The molecular formula is C12H17ClN2O. The second-order valence-corrected chi connectivity index (χ2v) is 4.70. The van der Waals surface area contributed by atoms with Gasteiger partial charge in [-0.05, 0) is 18.9 Å². The number of nitrogens with two attached hydrogens (primary N) is 1. The van der Waals surface area contributed by atoms with Crippen LogP contribution in [0.1, 0.15) is 43.7 Å². The Kier molecular flexibility index (Phi) is 3.54. The predicted octanol–water partition coefficient (Wildman–Crippen LogP) is 3.37. The molecule has 1 aromatic heterocycles. The van der Waals surface area contributed by atoms with Crippen molar-refractivity contribution in [3.8, 4) is 5.88 Å². The van der Waals surface area contributed by atoms with E-state index in [1.54, 1.807) is 13.2 Å². The minimum atomic E-state index is 0.468. The Morgan fingerprint density at radius 2 is 2.06 bits per heavy atom. The van der Waals surface area contributed by atoms with E-state index in [-0.39, 0.29) is 0 Å². The van der Waals surface area contributed by atoms with Crippen molar-refractivity contribution in [2.45, 2.75) is 38.0 Å². The molecule has 0 atom stereocenters. The van der Waals surface area contributed by atoms with Gasteiger partial charge in [-0.15, -0.1) is 0 Å². The van der Waals surface area contributed by atoms with Crippen molar-refractivity contribution >= 4 is 17.3 Å². The average Bonchev–Trinajstić information content (AvgIpc) is 2.30. The van der Waals surface area contributed by atoms with Crippen LogP contribution in [-0.4, -0.2) is 12.1 Å². The molecule has 4 heteroatoms. The first-order valence-electron chi connectivity index (χ1n) is 5.72. The van der Waals surface area contributed by atoms with Crippen molar-refractivity contribution < 1.29 is 4.74 Å². The normalized spacial score (nSPS) is 17.4. The van der Waals surface area contributed by atoms with E-state index in [1.807, 2.05) is 0 Å². The van der Waals surface area contributed by atoms with Crippen LogP contribution in [0.4, 0.5) is 5.69 Å². The molecule has 88 valence electrons. The third-order valence-corrected chi connectivity index (χ3v) is 3.48. The second kappa shape index (κ2) is 4.91. The lowest BCUT2D eigenvalue weighted by molar-refractivity contribution is 0.389. The van der Waals surface area contributed by atoms with Gasteiger partial charge in [0.15, 0.2) is 0 Å². The highest BCUT2D eigenvalue weighted by Crippen LogP contribution is 2.37. The van der Waals surface area contributed by atoms with Crippen LogP contribution >= 0.6 is 11.6 Å². The molecule has 0 bridgehead atoms. The van der Waals surface area contributed by atoms with Gasteiger partial charge in [-0.3, -0.25) is 0 Å². The maximum Gasteiger partial charge on any atom is 0.237 e. The maximum atomic E-state index is 6.19. The SMILES string of the molecule is COc1nc(C2CCCCC2)c(Cl)cc1N. The number of anilines is 1. The van der Waals surface area contributed by atoms with Gasteiger partial charge in [0.05, 0.1) is 23.5 Å². The highest BCUT2D eigenvalue weighted by atomic mass is 35.5. The molecule has 0 amide bonds. The molecule has 0 spiro atoms. The number of ether oxygens (including phenoxy) is 1. The van der Waals surface area contributed by atoms with Crippen LogP contribution in [-0.2, 0) is 0 Å². The summed E-state index contributed by atoms with van der Waals surface area (Å²) < 4.78 is 5.14. The summed E-state index contributed by atoms with van der Waals surface area (Å²) in [6, 6.07) is 1.75. The van der Waals surface area contributed by atoms with Crippen LogP contribution < -0.4 is 10.5 Å². The Morgan fingerprint density at radius 3 is 2.69 bits per heavy atom. The van der Waals surface area contributed by atoms with Crippen molar-refractivity contribution in [1.29, 1.82) is 0 Å². The van der Waals surface area contributed by atoms with Crippen molar-refractivity contribution in [2.24, 2.45) is 0 Å². The van der Waals surface area contributed by atoms with Crippen molar-refractivity contribution in [2.75, 3.05) is 12.8 Å². The smallest absolute Gasteiger partial charge is 0.237 e. The first-order valence-corrected chi connectivity index (χ1v) is 6.10. The number of hydrogen-bond donors (Lipinski definition) is 1. The molecule has 16 heavy (non-hydrogen) atoms. The zero-order chi connectivity index (χ0) is 11.5. The summed E-state index contributed by atoms with van der Waals surface area (Å²) >= 11 is 6.19. The fourth-order valence-electron chi connectivity index (χ4n) is 2.33. The van der Waals surface area contributed by atoms with Gasteiger partial charge >= 0.3 is 0 Å². The lowest BCUT2D eigenvalue weighted by Crippen LogP contribution is -2.09. The van der Waals surface area contributed by atoms with E-state index in [2.05, 4.69) is 4.98 Å². The second-order valence-electron chi connectivity index (χ2n) is 4.29. The van der Waals surface area contributed by atoms with Crippen LogP contribution in [0.15, 0.2) is 6.07 Å². The molecule has 1 aliphatic rings. The lowest BCUT2D eigenvalue weighted by atomic mass is 9.86. The Labute approximate surface area is 101 Å². The fourth-order valence-corrected chi connectivity index (χ4v) is 2.64. The first kappa shape index (κ1) is 11.5. The number of aromatic nitrogens is 1. The van der Waals surface area contributed by atoms with Gasteiger partial charge in [0.25, 0.3) is 0 Å². The van der Waals surface area contributed by atoms with Gasteiger partial charge in [0, 0.05) is 5.92 Å². The largest absolute Gasteiger partial charge is 0.480 e. The van der Waals surface area contributed by atoms with E-state index in [1.165, 1.54) is 32.1 Å². The summed E-state index contributed by atoms with van der Waals surface area (Å²) in [5, 5.41) is 0.671. The summed E-state index contributed by atoms with van der Waals surface area (Å²) in [4.78, 5) is 4.43. The van der Waals surface area contributed by atoms with Gasteiger partial charge in [0.1, 0.15) is 0 Å². The molecule has 0 unspecified atom stereocenters. The average molecular weight is 241 g/mol. The molecule has 1 fully saturated rings. The molecule has 2 N–H and O–H groups in total. The Hall–Kier alpha value is -0.960. The molecule has 0 radical (unpaired) electrons. The molecule has 2 rings (SSSR count). The quantitative estimate of drug-likeness (QED) is 0.862. The van der Waals surface area contributed by atoms with Gasteiger partial charge in [0.2, 0.25) is 5.88 Å². The highest BCUT2D eigenvalue weighted by Gasteiger charge is 2.21. The van der Waals surface area contributed by atoms with E-state index in [4.69, 9.17) is 22.1 Å².